The molecular formula is C16H27ClN2O2. The van der Waals surface area contributed by atoms with Crippen LogP contribution in [0.3, 0.4) is 0 Å². The van der Waals surface area contributed by atoms with Crippen LogP contribution < -0.4 is 15.8 Å². The molecule has 21 heavy (non-hydrogen) atoms. The van der Waals surface area contributed by atoms with Gasteiger partial charge in [-0.05, 0) is 18.4 Å². The molecule has 0 aromatic heterocycles. The molecule has 0 bridgehead atoms. The number of amides is 1. The monoisotopic (exact) mass is 314 g/mol. The van der Waals surface area contributed by atoms with Crippen molar-refractivity contribution in [1.29, 1.82) is 0 Å². The van der Waals surface area contributed by atoms with Gasteiger partial charge in [0.05, 0.1) is 12.6 Å². The van der Waals surface area contributed by atoms with E-state index in [2.05, 4.69) is 19.2 Å². The Balaban J connectivity index is 0.00000400. The van der Waals surface area contributed by atoms with Crippen LogP contribution in [0.4, 0.5) is 0 Å². The summed E-state index contributed by atoms with van der Waals surface area (Å²) < 4.78 is 5.76. The van der Waals surface area contributed by atoms with Gasteiger partial charge in [0.1, 0.15) is 5.75 Å². The highest BCUT2D eigenvalue weighted by Gasteiger charge is 2.12. The fourth-order valence-corrected chi connectivity index (χ4v) is 1.80. The molecule has 1 aromatic rings. The van der Waals surface area contributed by atoms with E-state index in [0.717, 1.165) is 17.7 Å². The lowest BCUT2D eigenvalue weighted by Crippen LogP contribution is -2.40. The Kier molecular flexibility index (Phi) is 9.84. The number of carbonyl (C=O) groups excluding carboxylic acids is 1. The molecule has 120 valence electrons. The second kappa shape index (κ2) is 10.5. The summed E-state index contributed by atoms with van der Waals surface area (Å²) in [6.45, 7) is 7.34. The average molecular weight is 315 g/mol. The molecule has 0 saturated carbocycles. The summed E-state index contributed by atoms with van der Waals surface area (Å²) in [4.78, 5) is 11.8. The molecule has 0 aliphatic heterocycles. The number of para-hydroxylation sites is 1. The highest BCUT2D eigenvalue weighted by molar-refractivity contribution is 5.85. The quantitative estimate of drug-likeness (QED) is 0.775. The minimum atomic E-state index is -0.427. The molecule has 3 N–H and O–H groups in total. The molecule has 4 nitrogen and oxygen atoms in total. The third-order valence-electron chi connectivity index (χ3n) is 2.93. The van der Waals surface area contributed by atoms with Crippen LogP contribution in [0.5, 0.6) is 5.75 Å². The second-order valence-electron chi connectivity index (χ2n) is 5.43. The van der Waals surface area contributed by atoms with Crippen LogP contribution in [0.1, 0.15) is 39.2 Å². The lowest BCUT2D eigenvalue weighted by atomic mass is 10.1. The fourth-order valence-electron chi connectivity index (χ4n) is 1.80. The molecule has 0 spiro atoms. The minimum Gasteiger partial charge on any atom is -0.493 e. The second-order valence-corrected chi connectivity index (χ2v) is 5.43. The lowest BCUT2D eigenvalue weighted by molar-refractivity contribution is -0.122. The van der Waals surface area contributed by atoms with Gasteiger partial charge in [0.15, 0.2) is 0 Å². The zero-order valence-corrected chi connectivity index (χ0v) is 13.9. The van der Waals surface area contributed by atoms with E-state index in [-0.39, 0.29) is 18.3 Å². The van der Waals surface area contributed by atoms with Gasteiger partial charge in [-0.25, -0.2) is 0 Å². The van der Waals surface area contributed by atoms with Crippen LogP contribution in [-0.2, 0) is 11.3 Å². The van der Waals surface area contributed by atoms with Gasteiger partial charge in [-0.15, -0.1) is 12.4 Å². The highest BCUT2D eigenvalue weighted by atomic mass is 35.5. The van der Waals surface area contributed by atoms with Crippen molar-refractivity contribution in [3.63, 3.8) is 0 Å². The van der Waals surface area contributed by atoms with Crippen LogP contribution in [-0.4, -0.2) is 18.6 Å². The lowest BCUT2D eigenvalue weighted by Gasteiger charge is -2.15. The van der Waals surface area contributed by atoms with Crippen LogP contribution in [0.15, 0.2) is 24.3 Å². The van der Waals surface area contributed by atoms with Gasteiger partial charge in [-0.1, -0.05) is 45.4 Å². The number of nitrogens with two attached hydrogens (primary N) is 1. The van der Waals surface area contributed by atoms with Crippen LogP contribution in [0.25, 0.3) is 0 Å². The molecule has 1 atom stereocenters. The maximum atomic E-state index is 11.8. The molecule has 0 radical (unpaired) electrons. The number of nitrogens with one attached hydrogen (secondary N) is 1. The van der Waals surface area contributed by atoms with E-state index < -0.39 is 6.04 Å². The van der Waals surface area contributed by atoms with Crippen LogP contribution in [0.2, 0.25) is 0 Å². The van der Waals surface area contributed by atoms with Crippen LogP contribution >= 0.6 is 12.4 Å². The average Bonchev–Trinajstić information content (AvgIpc) is 2.43. The van der Waals surface area contributed by atoms with E-state index in [1.54, 1.807) is 0 Å². The number of carbonyl (C=O) groups is 1. The van der Waals surface area contributed by atoms with Crippen molar-refractivity contribution in [2.75, 3.05) is 6.61 Å². The predicted octanol–water partition coefficient (Wildman–Crippen LogP) is 2.89. The van der Waals surface area contributed by atoms with Crippen molar-refractivity contribution < 1.29 is 9.53 Å². The summed E-state index contributed by atoms with van der Waals surface area (Å²) in [6, 6.07) is 7.33. The third-order valence-corrected chi connectivity index (χ3v) is 2.93. The van der Waals surface area contributed by atoms with Gasteiger partial charge in [0, 0.05) is 12.1 Å². The van der Waals surface area contributed by atoms with E-state index in [9.17, 15) is 4.79 Å². The van der Waals surface area contributed by atoms with Crippen molar-refractivity contribution >= 4 is 18.3 Å². The molecule has 1 unspecified atom stereocenters. The van der Waals surface area contributed by atoms with Crippen molar-refractivity contribution in [3.8, 4) is 5.75 Å². The zero-order chi connectivity index (χ0) is 15.0. The standard InChI is InChI=1S/C16H26N2O2.ClH/c1-4-7-14(17)16(19)18-10-13-8-5-6-9-15(13)20-11-12(2)3;/h5-6,8-9,12,14H,4,7,10-11,17H2,1-3H3,(H,18,19);1H. The van der Waals surface area contributed by atoms with E-state index in [1.807, 2.05) is 31.2 Å². The van der Waals surface area contributed by atoms with Crippen molar-refractivity contribution in [3.05, 3.63) is 29.8 Å². The topological polar surface area (TPSA) is 64.4 Å². The minimum absolute atomic E-state index is 0. The summed E-state index contributed by atoms with van der Waals surface area (Å²) in [7, 11) is 0. The smallest absolute Gasteiger partial charge is 0.237 e. The number of hydrogen-bond donors (Lipinski definition) is 2. The van der Waals surface area contributed by atoms with Crippen molar-refractivity contribution in [2.45, 2.75) is 46.2 Å². The van der Waals surface area contributed by atoms with Gasteiger partial charge >= 0.3 is 0 Å². The number of rotatable bonds is 8. The Morgan fingerprint density at radius 3 is 2.62 bits per heavy atom. The van der Waals surface area contributed by atoms with Crippen LogP contribution in [0, 0.1) is 5.92 Å². The first-order valence-electron chi connectivity index (χ1n) is 7.28. The molecular weight excluding hydrogens is 288 g/mol. The summed E-state index contributed by atoms with van der Waals surface area (Å²) >= 11 is 0. The Hall–Kier alpha value is -1.26. The molecule has 5 heteroatoms. The molecule has 1 rings (SSSR count). The van der Waals surface area contributed by atoms with E-state index in [0.29, 0.717) is 25.5 Å². The molecule has 0 saturated heterocycles. The van der Waals surface area contributed by atoms with Gasteiger partial charge in [-0.2, -0.15) is 0 Å². The van der Waals surface area contributed by atoms with Crippen molar-refractivity contribution in [2.24, 2.45) is 11.7 Å². The summed E-state index contributed by atoms with van der Waals surface area (Å²) in [6.07, 6.45) is 1.61. The molecule has 0 aliphatic carbocycles. The Bertz CT molecular complexity index is 424. The van der Waals surface area contributed by atoms with Gasteiger partial charge < -0.3 is 15.8 Å². The summed E-state index contributed by atoms with van der Waals surface area (Å²) in [5, 5.41) is 2.87. The SMILES string of the molecule is CCCC(N)C(=O)NCc1ccccc1OCC(C)C.Cl. The number of ether oxygens (including phenoxy) is 1. The summed E-state index contributed by atoms with van der Waals surface area (Å²) in [5.41, 5.74) is 6.76. The maximum Gasteiger partial charge on any atom is 0.237 e. The van der Waals surface area contributed by atoms with E-state index >= 15 is 0 Å². The third kappa shape index (κ3) is 7.34. The molecule has 0 aliphatic rings. The van der Waals surface area contributed by atoms with Gasteiger partial charge in [0.25, 0.3) is 0 Å². The van der Waals surface area contributed by atoms with Gasteiger partial charge in [0.2, 0.25) is 5.91 Å². The Morgan fingerprint density at radius 2 is 2.00 bits per heavy atom. The maximum absolute atomic E-state index is 11.8. The fraction of sp³-hybridized carbons (Fsp3) is 0.562. The largest absolute Gasteiger partial charge is 0.493 e. The normalized spacial score (nSPS) is 11.7. The molecule has 1 aromatic carbocycles. The zero-order valence-electron chi connectivity index (χ0n) is 13.1. The molecule has 0 heterocycles. The first-order valence-corrected chi connectivity index (χ1v) is 7.28. The van der Waals surface area contributed by atoms with E-state index in [1.165, 1.54) is 0 Å². The van der Waals surface area contributed by atoms with E-state index in [4.69, 9.17) is 10.5 Å². The van der Waals surface area contributed by atoms with Crippen molar-refractivity contribution in [1.82, 2.24) is 5.32 Å². The Morgan fingerprint density at radius 1 is 1.33 bits per heavy atom. The number of benzene rings is 1. The first kappa shape index (κ1) is 19.7. The Labute approximate surface area is 133 Å². The molecule has 1 amide bonds. The molecule has 0 fully saturated rings. The van der Waals surface area contributed by atoms with Gasteiger partial charge in [-0.3, -0.25) is 4.79 Å². The first-order chi connectivity index (χ1) is 9.54. The highest BCUT2D eigenvalue weighted by Crippen LogP contribution is 2.18. The number of halogens is 1. The number of hydrogen-bond acceptors (Lipinski definition) is 3. The summed E-state index contributed by atoms with van der Waals surface area (Å²) in [5.74, 6) is 1.19. The predicted molar refractivity (Wildman–Crippen MR) is 88.8 cm³/mol.